The van der Waals surface area contributed by atoms with E-state index in [0.29, 0.717) is 0 Å². The first-order valence-electron chi connectivity index (χ1n) is 3.72. The molecular formula is C9H7BrOS2. The Balaban J connectivity index is 2.83. The van der Waals surface area contributed by atoms with Gasteiger partial charge in [0.1, 0.15) is 0 Å². The lowest BCUT2D eigenvalue weighted by Gasteiger charge is -2.04. The topological polar surface area (TPSA) is 20.2 Å². The van der Waals surface area contributed by atoms with Crippen LogP contribution in [0.15, 0.2) is 26.9 Å². The van der Waals surface area contributed by atoms with Crippen LogP contribution in [0, 0.1) is 0 Å². The van der Waals surface area contributed by atoms with Crippen molar-refractivity contribution in [1.29, 1.82) is 0 Å². The fourth-order valence-electron chi connectivity index (χ4n) is 1.23. The summed E-state index contributed by atoms with van der Waals surface area (Å²) in [5, 5.41) is 12.3. The number of aliphatic hydroxyl groups excluding tert-OH is 1. The largest absolute Gasteiger partial charge is 0.392 e. The van der Waals surface area contributed by atoms with Crippen LogP contribution in [-0.2, 0) is 6.61 Å². The van der Waals surface area contributed by atoms with Gasteiger partial charge in [0.15, 0.2) is 0 Å². The molecule has 0 saturated carbocycles. The first-order chi connectivity index (χ1) is 6.24. The molecule has 1 nitrogen and oxygen atoms in total. The SMILES string of the molecule is OCc1cc2sccc2c(Br)c1S. The van der Waals surface area contributed by atoms with Crippen molar-refractivity contribution in [1.82, 2.24) is 0 Å². The zero-order chi connectivity index (χ0) is 9.42. The van der Waals surface area contributed by atoms with Crippen LogP contribution in [0.5, 0.6) is 0 Å². The molecule has 0 aliphatic heterocycles. The smallest absolute Gasteiger partial charge is 0.0693 e. The van der Waals surface area contributed by atoms with Crippen molar-refractivity contribution in [2.24, 2.45) is 0 Å². The van der Waals surface area contributed by atoms with Crippen molar-refractivity contribution >= 4 is 50.0 Å². The summed E-state index contributed by atoms with van der Waals surface area (Å²) in [4.78, 5) is 0.827. The van der Waals surface area contributed by atoms with Crippen LogP contribution in [0.2, 0.25) is 0 Å². The molecule has 1 N–H and O–H groups in total. The second-order valence-corrected chi connectivity index (χ2v) is 4.88. The Labute approximate surface area is 93.9 Å². The van der Waals surface area contributed by atoms with E-state index in [-0.39, 0.29) is 6.61 Å². The Morgan fingerprint density at radius 2 is 2.31 bits per heavy atom. The second kappa shape index (κ2) is 3.61. The molecule has 2 rings (SSSR count). The number of rotatable bonds is 1. The van der Waals surface area contributed by atoms with Crippen molar-refractivity contribution < 1.29 is 5.11 Å². The van der Waals surface area contributed by atoms with Crippen molar-refractivity contribution in [2.75, 3.05) is 0 Å². The van der Waals surface area contributed by atoms with E-state index in [1.165, 1.54) is 4.70 Å². The average molecular weight is 275 g/mol. The van der Waals surface area contributed by atoms with Crippen LogP contribution in [0.1, 0.15) is 5.56 Å². The number of benzene rings is 1. The van der Waals surface area contributed by atoms with Gasteiger partial charge in [0.05, 0.1) is 6.61 Å². The summed E-state index contributed by atoms with van der Waals surface area (Å²) in [5.41, 5.74) is 0.866. The number of thiophene rings is 1. The summed E-state index contributed by atoms with van der Waals surface area (Å²) < 4.78 is 2.15. The molecule has 0 unspecified atom stereocenters. The Morgan fingerprint density at radius 3 is 3.00 bits per heavy atom. The van der Waals surface area contributed by atoms with Crippen LogP contribution in [0.25, 0.3) is 10.1 Å². The first kappa shape index (κ1) is 9.52. The fraction of sp³-hybridized carbons (Fsp3) is 0.111. The summed E-state index contributed by atoms with van der Waals surface area (Å²) in [6.45, 7) is 0.0330. The van der Waals surface area contributed by atoms with E-state index >= 15 is 0 Å². The van der Waals surface area contributed by atoms with E-state index in [4.69, 9.17) is 5.11 Å². The Bertz CT molecular complexity index is 450. The van der Waals surface area contributed by atoms with E-state index in [1.807, 2.05) is 17.5 Å². The third-order valence-corrected chi connectivity index (χ3v) is 4.42. The van der Waals surface area contributed by atoms with Crippen molar-refractivity contribution in [3.63, 3.8) is 0 Å². The minimum Gasteiger partial charge on any atom is -0.392 e. The summed E-state index contributed by atoms with van der Waals surface area (Å²) in [5.74, 6) is 0. The van der Waals surface area contributed by atoms with E-state index in [0.717, 1.165) is 20.3 Å². The standard InChI is InChI=1S/C9H7BrOS2/c10-8-6-1-2-13-7(6)3-5(4-11)9(8)12/h1-3,11-12H,4H2. The molecule has 68 valence electrons. The molecule has 0 spiro atoms. The number of aliphatic hydroxyl groups is 1. The normalized spacial score (nSPS) is 11.0. The average Bonchev–Trinajstić information content (AvgIpc) is 2.59. The van der Waals surface area contributed by atoms with E-state index in [1.54, 1.807) is 11.3 Å². The van der Waals surface area contributed by atoms with Crippen molar-refractivity contribution in [3.05, 3.63) is 27.5 Å². The highest BCUT2D eigenvalue weighted by Crippen LogP contribution is 2.35. The van der Waals surface area contributed by atoms with Gasteiger partial charge in [0, 0.05) is 19.5 Å². The molecule has 0 fully saturated rings. The molecule has 2 aromatic rings. The van der Waals surface area contributed by atoms with Crippen molar-refractivity contribution in [2.45, 2.75) is 11.5 Å². The van der Waals surface area contributed by atoms with Crippen LogP contribution in [-0.4, -0.2) is 5.11 Å². The zero-order valence-corrected chi connectivity index (χ0v) is 9.92. The van der Waals surface area contributed by atoms with Gasteiger partial charge in [-0.2, -0.15) is 0 Å². The summed E-state index contributed by atoms with van der Waals surface area (Å²) in [7, 11) is 0. The third kappa shape index (κ3) is 1.52. The molecule has 4 heteroatoms. The van der Waals surface area contributed by atoms with Gasteiger partial charge in [-0.15, -0.1) is 24.0 Å². The number of thiol groups is 1. The quantitative estimate of drug-likeness (QED) is 0.764. The predicted molar refractivity (Wildman–Crippen MR) is 62.7 cm³/mol. The van der Waals surface area contributed by atoms with Crippen LogP contribution in [0.3, 0.4) is 0 Å². The summed E-state index contributed by atoms with van der Waals surface area (Å²) in [6.07, 6.45) is 0. The van der Waals surface area contributed by atoms with Crippen LogP contribution < -0.4 is 0 Å². The van der Waals surface area contributed by atoms with Crippen molar-refractivity contribution in [3.8, 4) is 0 Å². The van der Waals surface area contributed by atoms with Gasteiger partial charge >= 0.3 is 0 Å². The number of hydrogen-bond acceptors (Lipinski definition) is 3. The summed E-state index contributed by atoms with van der Waals surface area (Å²) in [6, 6.07) is 4.03. The number of fused-ring (bicyclic) bond motifs is 1. The van der Waals surface area contributed by atoms with Crippen LogP contribution in [0.4, 0.5) is 0 Å². The molecule has 0 saturated heterocycles. The van der Waals surface area contributed by atoms with Crippen LogP contribution >= 0.6 is 39.9 Å². The maximum absolute atomic E-state index is 9.07. The molecule has 13 heavy (non-hydrogen) atoms. The van der Waals surface area contributed by atoms with E-state index in [2.05, 4.69) is 28.6 Å². The highest BCUT2D eigenvalue weighted by molar-refractivity contribution is 9.10. The minimum absolute atomic E-state index is 0.0330. The van der Waals surface area contributed by atoms with E-state index in [9.17, 15) is 0 Å². The molecule has 0 aliphatic carbocycles. The Kier molecular flexibility index (Phi) is 2.65. The number of hydrogen-bond donors (Lipinski definition) is 2. The highest BCUT2D eigenvalue weighted by Gasteiger charge is 2.08. The number of halogens is 1. The molecule has 0 bridgehead atoms. The highest BCUT2D eigenvalue weighted by atomic mass is 79.9. The van der Waals surface area contributed by atoms with Gasteiger partial charge in [-0.05, 0) is 39.0 Å². The molecule has 1 heterocycles. The molecule has 1 aromatic heterocycles. The summed E-state index contributed by atoms with van der Waals surface area (Å²) >= 11 is 9.48. The van der Waals surface area contributed by atoms with Gasteiger partial charge in [0.25, 0.3) is 0 Å². The maximum atomic E-state index is 9.07. The first-order valence-corrected chi connectivity index (χ1v) is 5.84. The monoisotopic (exact) mass is 274 g/mol. The van der Waals surface area contributed by atoms with Gasteiger partial charge < -0.3 is 5.11 Å². The third-order valence-electron chi connectivity index (χ3n) is 1.92. The fourth-order valence-corrected chi connectivity index (χ4v) is 3.08. The second-order valence-electron chi connectivity index (χ2n) is 2.69. The predicted octanol–water partition coefficient (Wildman–Crippen LogP) is 3.44. The molecule has 0 aliphatic rings. The Hall–Kier alpha value is -0.0300. The lowest BCUT2D eigenvalue weighted by Crippen LogP contribution is -1.86. The molecule has 0 radical (unpaired) electrons. The lowest BCUT2D eigenvalue weighted by atomic mass is 10.2. The zero-order valence-electron chi connectivity index (χ0n) is 6.62. The maximum Gasteiger partial charge on any atom is 0.0693 e. The molecule has 1 aromatic carbocycles. The van der Waals surface area contributed by atoms with Gasteiger partial charge in [-0.3, -0.25) is 0 Å². The minimum atomic E-state index is 0.0330. The molecule has 0 atom stereocenters. The van der Waals surface area contributed by atoms with Gasteiger partial charge in [-0.25, -0.2) is 0 Å². The lowest BCUT2D eigenvalue weighted by molar-refractivity contribution is 0.279. The van der Waals surface area contributed by atoms with E-state index < -0.39 is 0 Å². The van der Waals surface area contributed by atoms with Gasteiger partial charge in [-0.1, -0.05) is 0 Å². The Morgan fingerprint density at radius 1 is 1.54 bits per heavy atom. The molecule has 0 amide bonds. The van der Waals surface area contributed by atoms with Gasteiger partial charge in [0.2, 0.25) is 0 Å². The molecular weight excluding hydrogens is 268 g/mol.